The van der Waals surface area contributed by atoms with Gasteiger partial charge in [-0.1, -0.05) is 6.07 Å². The van der Waals surface area contributed by atoms with Gasteiger partial charge in [0.25, 0.3) is 5.91 Å². The van der Waals surface area contributed by atoms with E-state index in [0.29, 0.717) is 34.6 Å². The molecule has 1 amide bonds. The summed E-state index contributed by atoms with van der Waals surface area (Å²) in [6.07, 6.45) is 3.70. The smallest absolute Gasteiger partial charge is 0.254 e. The van der Waals surface area contributed by atoms with Crippen LogP contribution >= 0.6 is 0 Å². The first-order chi connectivity index (χ1) is 13.5. The molecule has 2 heterocycles. The number of rotatable bonds is 3. The van der Waals surface area contributed by atoms with Crippen molar-refractivity contribution in [1.82, 2.24) is 10.3 Å². The van der Waals surface area contributed by atoms with Crippen LogP contribution in [0.5, 0.6) is 0 Å². The third kappa shape index (κ3) is 3.33. The second kappa shape index (κ2) is 7.38. The van der Waals surface area contributed by atoms with Gasteiger partial charge in [-0.3, -0.25) is 14.6 Å². The molecule has 142 valence electrons. The predicted molar refractivity (Wildman–Crippen MR) is 104 cm³/mol. The van der Waals surface area contributed by atoms with Crippen molar-refractivity contribution < 1.29 is 14.0 Å². The second-order valence-corrected chi connectivity index (χ2v) is 6.98. The molecular formula is C22H20FN3O2. The number of dihydropyridines is 1. The van der Waals surface area contributed by atoms with E-state index in [0.717, 1.165) is 18.5 Å². The van der Waals surface area contributed by atoms with Crippen LogP contribution in [0.15, 0.2) is 71.2 Å². The zero-order valence-corrected chi connectivity index (χ0v) is 15.5. The molecule has 2 aromatic rings. The summed E-state index contributed by atoms with van der Waals surface area (Å²) in [5, 5.41) is 6.08. The number of hydrogen-bond donors (Lipinski definition) is 2. The molecule has 1 aliphatic carbocycles. The standard InChI is InChI=1S/C22H20FN3O2/c1-13-19(22(28)26-15-10-8-14(23)9-11-15)21(16-5-2-3-12-24-16)20-17(25-13)6-4-7-18(20)27/h2-3,5,8-12,21,25H,4,6-7H2,1H3,(H,26,28). The van der Waals surface area contributed by atoms with Crippen molar-refractivity contribution in [1.29, 1.82) is 0 Å². The molecule has 4 rings (SSSR count). The Hall–Kier alpha value is -3.28. The number of Topliss-reactive ketones (excluding diaryl/α,β-unsaturated/α-hetero) is 1. The molecule has 0 fully saturated rings. The lowest BCUT2D eigenvalue weighted by Gasteiger charge is -2.34. The normalized spacial score (nSPS) is 19.2. The fraction of sp³-hybridized carbons (Fsp3) is 0.227. The lowest BCUT2D eigenvalue weighted by molar-refractivity contribution is -0.116. The molecule has 6 heteroatoms. The molecule has 0 radical (unpaired) electrons. The van der Waals surface area contributed by atoms with Crippen LogP contribution < -0.4 is 10.6 Å². The summed E-state index contributed by atoms with van der Waals surface area (Å²) in [7, 11) is 0. The molecular weight excluding hydrogens is 357 g/mol. The Bertz CT molecular complexity index is 994. The Balaban J connectivity index is 1.76. The fourth-order valence-electron chi connectivity index (χ4n) is 3.86. The number of carbonyl (C=O) groups is 2. The highest BCUT2D eigenvalue weighted by atomic mass is 19.1. The van der Waals surface area contributed by atoms with Gasteiger partial charge in [0.05, 0.1) is 11.6 Å². The molecule has 2 N–H and O–H groups in total. The maximum Gasteiger partial charge on any atom is 0.254 e. The van der Waals surface area contributed by atoms with E-state index in [1.165, 1.54) is 24.3 Å². The topological polar surface area (TPSA) is 71.1 Å². The average molecular weight is 377 g/mol. The van der Waals surface area contributed by atoms with E-state index in [4.69, 9.17) is 0 Å². The summed E-state index contributed by atoms with van der Waals surface area (Å²) in [5.74, 6) is -1.19. The summed E-state index contributed by atoms with van der Waals surface area (Å²) in [6, 6.07) is 11.1. The molecule has 0 spiro atoms. The molecule has 0 bridgehead atoms. The Kier molecular flexibility index (Phi) is 4.77. The molecule has 5 nitrogen and oxygen atoms in total. The zero-order valence-electron chi connectivity index (χ0n) is 15.5. The number of carbonyl (C=O) groups excluding carboxylic acids is 2. The van der Waals surface area contributed by atoms with E-state index < -0.39 is 5.92 Å². The quantitative estimate of drug-likeness (QED) is 0.853. The van der Waals surface area contributed by atoms with Crippen LogP contribution in [0.4, 0.5) is 10.1 Å². The summed E-state index contributed by atoms with van der Waals surface area (Å²) in [5.41, 5.74) is 3.81. The van der Waals surface area contributed by atoms with Crippen LogP contribution in [0.1, 0.15) is 37.8 Å². The van der Waals surface area contributed by atoms with Crippen LogP contribution in [0.2, 0.25) is 0 Å². The highest BCUT2D eigenvalue weighted by Crippen LogP contribution is 2.41. The van der Waals surface area contributed by atoms with Gasteiger partial charge in [-0.25, -0.2) is 4.39 Å². The Morgan fingerprint density at radius 2 is 1.96 bits per heavy atom. The average Bonchev–Trinajstić information content (AvgIpc) is 2.69. The number of ketones is 1. The summed E-state index contributed by atoms with van der Waals surface area (Å²) in [4.78, 5) is 30.4. The number of allylic oxidation sites excluding steroid dienone is 3. The van der Waals surface area contributed by atoms with E-state index in [2.05, 4.69) is 15.6 Å². The van der Waals surface area contributed by atoms with Crippen molar-refractivity contribution in [3.8, 4) is 0 Å². The minimum atomic E-state index is -0.523. The van der Waals surface area contributed by atoms with Gasteiger partial charge < -0.3 is 10.6 Å². The number of nitrogens with zero attached hydrogens (tertiary/aromatic N) is 1. The molecule has 0 saturated heterocycles. The van der Waals surface area contributed by atoms with Gasteiger partial charge in [-0.05, 0) is 56.2 Å². The van der Waals surface area contributed by atoms with Crippen LogP contribution in [-0.2, 0) is 9.59 Å². The summed E-state index contributed by atoms with van der Waals surface area (Å²) >= 11 is 0. The van der Waals surface area contributed by atoms with Crippen LogP contribution in [-0.4, -0.2) is 16.7 Å². The largest absolute Gasteiger partial charge is 0.362 e. The SMILES string of the molecule is CC1=C(C(=O)Nc2ccc(F)cc2)C(c2ccccn2)C2=C(CCCC2=O)N1. The van der Waals surface area contributed by atoms with E-state index in [-0.39, 0.29) is 17.5 Å². The number of anilines is 1. The second-order valence-electron chi connectivity index (χ2n) is 6.98. The maximum atomic E-state index is 13.2. The van der Waals surface area contributed by atoms with Crippen molar-refractivity contribution >= 4 is 17.4 Å². The maximum absolute atomic E-state index is 13.2. The van der Waals surface area contributed by atoms with Gasteiger partial charge in [0.15, 0.2) is 5.78 Å². The van der Waals surface area contributed by atoms with Gasteiger partial charge in [-0.2, -0.15) is 0 Å². The van der Waals surface area contributed by atoms with Crippen molar-refractivity contribution in [2.75, 3.05) is 5.32 Å². The van der Waals surface area contributed by atoms with Crippen LogP contribution in [0, 0.1) is 5.82 Å². The monoisotopic (exact) mass is 377 g/mol. The minimum Gasteiger partial charge on any atom is -0.362 e. The Morgan fingerprint density at radius 3 is 2.68 bits per heavy atom. The van der Waals surface area contributed by atoms with E-state index in [9.17, 15) is 14.0 Å². The first-order valence-electron chi connectivity index (χ1n) is 9.26. The van der Waals surface area contributed by atoms with Crippen LogP contribution in [0.3, 0.4) is 0 Å². The number of nitrogens with one attached hydrogen (secondary N) is 2. The van der Waals surface area contributed by atoms with Gasteiger partial charge in [-0.15, -0.1) is 0 Å². The van der Waals surface area contributed by atoms with Gasteiger partial charge in [0, 0.05) is 40.8 Å². The molecule has 2 aliphatic rings. The van der Waals surface area contributed by atoms with Crippen molar-refractivity contribution in [3.05, 3.63) is 82.7 Å². The highest BCUT2D eigenvalue weighted by Gasteiger charge is 2.39. The number of benzene rings is 1. The van der Waals surface area contributed by atoms with Crippen molar-refractivity contribution in [2.24, 2.45) is 0 Å². The van der Waals surface area contributed by atoms with Crippen molar-refractivity contribution in [2.45, 2.75) is 32.1 Å². The van der Waals surface area contributed by atoms with Gasteiger partial charge >= 0.3 is 0 Å². The molecule has 1 aliphatic heterocycles. The molecule has 1 atom stereocenters. The van der Waals surface area contributed by atoms with Crippen LogP contribution in [0.25, 0.3) is 0 Å². The lowest BCUT2D eigenvalue weighted by atomic mass is 9.76. The molecule has 1 unspecified atom stereocenters. The Morgan fingerprint density at radius 1 is 1.18 bits per heavy atom. The zero-order chi connectivity index (χ0) is 19.7. The Labute approximate surface area is 162 Å². The first-order valence-corrected chi connectivity index (χ1v) is 9.26. The van der Waals surface area contributed by atoms with Gasteiger partial charge in [0.2, 0.25) is 0 Å². The number of hydrogen-bond acceptors (Lipinski definition) is 4. The predicted octanol–water partition coefficient (Wildman–Crippen LogP) is 3.83. The highest BCUT2D eigenvalue weighted by molar-refractivity contribution is 6.09. The number of halogens is 1. The molecule has 0 saturated carbocycles. The van der Waals surface area contributed by atoms with Crippen molar-refractivity contribution in [3.63, 3.8) is 0 Å². The molecule has 1 aromatic heterocycles. The molecule has 28 heavy (non-hydrogen) atoms. The first kappa shape index (κ1) is 18.1. The third-order valence-corrected chi connectivity index (χ3v) is 5.11. The number of amides is 1. The van der Waals surface area contributed by atoms with Gasteiger partial charge in [0.1, 0.15) is 5.82 Å². The third-order valence-electron chi connectivity index (χ3n) is 5.11. The molecule has 1 aromatic carbocycles. The van der Waals surface area contributed by atoms with E-state index in [1.807, 2.05) is 19.1 Å². The number of aromatic nitrogens is 1. The summed E-state index contributed by atoms with van der Waals surface area (Å²) < 4.78 is 13.2. The lowest BCUT2D eigenvalue weighted by Crippen LogP contribution is -2.35. The fourth-order valence-corrected chi connectivity index (χ4v) is 3.86. The minimum absolute atomic E-state index is 0.0454. The van der Waals surface area contributed by atoms with E-state index in [1.54, 1.807) is 12.3 Å². The summed E-state index contributed by atoms with van der Waals surface area (Å²) in [6.45, 7) is 1.83. The number of pyridine rings is 1. The van der Waals surface area contributed by atoms with E-state index >= 15 is 0 Å².